The third-order valence-electron chi connectivity index (χ3n) is 3.93. The summed E-state index contributed by atoms with van der Waals surface area (Å²) in [5, 5.41) is 20.1. The maximum atomic E-state index is 12.3. The smallest absolute Gasteiger partial charge is 0.343 e. The molecular weight excluding hydrogens is 394 g/mol. The number of hydrogen-bond donors (Lipinski definition) is 1. The lowest BCUT2D eigenvalue weighted by Crippen LogP contribution is -2.11. The van der Waals surface area contributed by atoms with Crippen molar-refractivity contribution in [3.05, 3.63) is 106 Å². The Morgan fingerprint density at radius 1 is 0.966 bits per heavy atom. The summed E-state index contributed by atoms with van der Waals surface area (Å²) in [6.07, 6.45) is 3.09. The highest BCUT2D eigenvalue weighted by molar-refractivity contribution is 6.30. The summed E-state index contributed by atoms with van der Waals surface area (Å²) in [6, 6.07) is 18.6. The van der Waals surface area contributed by atoms with Crippen molar-refractivity contribution < 1.29 is 19.5 Å². The highest BCUT2D eigenvalue weighted by atomic mass is 35.5. The number of ether oxygens (including phenoxy) is 1. The molecule has 0 heterocycles. The topological polar surface area (TPSA) is 89.9 Å². The molecule has 3 aromatic rings. The minimum absolute atomic E-state index is 0.0908. The largest absolute Gasteiger partial charge is 0.733 e. The SMILES string of the molecule is O=C(C=Cc1cccc(Cl)c1)c1ccc(OC(=O)c2cccc(N([O-])O)c2)cc1. The van der Waals surface area contributed by atoms with Crippen LogP contribution < -0.4 is 9.96 Å². The van der Waals surface area contributed by atoms with E-state index < -0.39 is 5.97 Å². The number of allylic oxidation sites excluding steroid dienone is 1. The van der Waals surface area contributed by atoms with Gasteiger partial charge >= 0.3 is 5.97 Å². The van der Waals surface area contributed by atoms with Crippen LogP contribution in [-0.2, 0) is 0 Å². The van der Waals surface area contributed by atoms with E-state index in [0.717, 1.165) is 5.56 Å². The van der Waals surface area contributed by atoms with Gasteiger partial charge in [0.05, 0.1) is 11.3 Å². The van der Waals surface area contributed by atoms with Crippen molar-refractivity contribution in [1.29, 1.82) is 0 Å². The van der Waals surface area contributed by atoms with Crippen LogP contribution in [0, 0.1) is 5.21 Å². The average molecular weight is 409 g/mol. The molecule has 3 rings (SSSR count). The molecule has 146 valence electrons. The molecule has 0 spiro atoms. The molecule has 0 saturated heterocycles. The number of carbonyl (C=O) groups excluding carboxylic acids is 2. The summed E-state index contributed by atoms with van der Waals surface area (Å²) >= 11 is 5.91. The molecule has 6 nitrogen and oxygen atoms in total. The molecule has 1 N–H and O–H groups in total. The monoisotopic (exact) mass is 408 g/mol. The summed E-state index contributed by atoms with van der Waals surface area (Å²) < 4.78 is 5.23. The third-order valence-corrected chi connectivity index (χ3v) is 4.16. The van der Waals surface area contributed by atoms with Crippen LogP contribution in [0.2, 0.25) is 5.02 Å². The molecule has 0 unspecified atom stereocenters. The first kappa shape index (κ1) is 20.3. The van der Waals surface area contributed by atoms with E-state index in [2.05, 4.69) is 0 Å². The minimum Gasteiger partial charge on any atom is -0.733 e. The van der Waals surface area contributed by atoms with Gasteiger partial charge in [0.1, 0.15) is 5.75 Å². The summed E-state index contributed by atoms with van der Waals surface area (Å²) in [5.74, 6) is -0.679. The van der Waals surface area contributed by atoms with Crippen LogP contribution in [0.4, 0.5) is 5.69 Å². The number of carbonyl (C=O) groups is 2. The zero-order valence-electron chi connectivity index (χ0n) is 15.0. The molecule has 0 amide bonds. The van der Waals surface area contributed by atoms with E-state index in [4.69, 9.17) is 21.5 Å². The zero-order valence-corrected chi connectivity index (χ0v) is 15.7. The van der Waals surface area contributed by atoms with Gasteiger partial charge in [0, 0.05) is 10.6 Å². The van der Waals surface area contributed by atoms with Crippen molar-refractivity contribution in [2.24, 2.45) is 0 Å². The van der Waals surface area contributed by atoms with E-state index in [-0.39, 0.29) is 28.0 Å². The van der Waals surface area contributed by atoms with Gasteiger partial charge in [-0.3, -0.25) is 10.0 Å². The standard InChI is InChI=1S/C22H15ClNO5/c23-18-5-1-3-15(13-18)7-12-21(25)16-8-10-20(11-9-16)29-22(26)17-4-2-6-19(14-17)24(27)28/h1-14,27H/q-1. The second-order valence-corrected chi connectivity index (χ2v) is 6.43. The van der Waals surface area contributed by atoms with Gasteiger partial charge in [-0.15, -0.1) is 0 Å². The average Bonchev–Trinajstić information content (AvgIpc) is 2.72. The number of ketones is 1. The number of nitrogens with zero attached hydrogens (tertiary/aromatic N) is 1. The van der Waals surface area contributed by atoms with Gasteiger partial charge in [-0.05, 0) is 66.2 Å². The number of rotatable bonds is 6. The Labute approximate surface area is 171 Å². The van der Waals surface area contributed by atoms with E-state index in [9.17, 15) is 14.8 Å². The lowest BCUT2D eigenvalue weighted by molar-refractivity contribution is 0.0734. The van der Waals surface area contributed by atoms with E-state index >= 15 is 0 Å². The molecule has 0 radical (unpaired) electrons. The number of hydrogen-bond acceptors (Lipinski definition) is 6. The third kappa shape index (κ3) is 5.52. The molecule has 29 heavy (non-hydrogen) atoms. The highest BCUT2D eigenvalue weighted by Gasteiger charge is 2.10. The summed E-state index contributed by atoms with van der Waals surface area (Å²) in [7, 11) is 0. The minimum atomic E-state index is -0.700. The van der Waals surface area contributed by atoms with Crippen LogP contribution in [0.3, 0.4) is 0 Å². The molecule has 0 bridgehead atoms. The van der Waals surface area contributed by atoms with Crippen molar-refractivity contribution in [3.63, 3.8) is 0 Å². The quantitative estimate of drug-likeness (QED) is 0.199. The molecule has 0 aliphatic rings. The second kappa shape index (κ2) is 9.16. The molecular formula is C22H15ClNO5-. The Hall–Kier alpha value is -3.45. The first-order valence-electron chi connectivity index (χ1n) is 8.49. The summed E-state index contributed by atoms with van der Waals surface area (Å²) in [6.45, 7) is 0. The fourth-order valence-corrected chi connectivity index (χ4v) is 2.68. The fourth-order valence-electron chi connectivity index (χ4n) is 2.48. The van der Waals surface area contributed by atoms with Crippen molar-refractivity contribution in [1.82, 2.24) is 0 Å². The van der Waals surface area contributed by atoms with Gasteiger partial charge < -0.3 is 15.2 Å². The molecule has 0 aliphatic heterocycles. The maximum absolute atomic E-state index is 12.3. The summed E-state index contributed by atoms with van der Waals surface area (Å²) in [4.78, 5) is 24.5. The molecule has 7 heteroatoms. The second-order valence-electron chi connectivity index (χ2n) is 5.99. The fraction of sp³-hybridized carbons (Fsp3) is 0. The van der Waals surface area contributed by atoms with Crippen molar-refractivity contribution >= 4 is 35.1 Å². The lowest BCUT2D eigenvalue weighted by Gasteiger charge is -2.21. The first-order valence-corrected chi connectivity index (χ1v) is 8.86. The van der Waals surface area contributed by atoms with Crippen LogP contribution in [0.25, 0.3) is 6.08 Å². The number of esters is 1. The Bertz CT molecular complexity index is 1060. The van der Waals surface area contributed by atoms with Gasteiger partial charge in [0.2, 0.25) is 0 Å². The van der Waals surface area contributed by atoms with E-state index in [1.165, 1.54) is 54.6 Å². The van der Waals surface area contributed by atoms with Gasteiger partial charge in [-0.2, -0.15) is 0 Å². The van der Waals surface area contributed by atoms with Gasteiger partial charge in [-0.25, -0.2) is 4.79 Å². The van der Waals surface area contributed by atoms with Crippen molar-refractivity contribution in [3.8, 4) is 5.75 Å². The molecule has 3 aromatic carbocycles. The van der Waals surface area contributed by atoms with Gasteiger partial charge in [-0.1, -0.05) is 35.9 Å². The Balaban J connectivity index is 1.66. The Morgan fingerprint density at radius 3 is 2.38 bits per heavy atom. The van der Waals surface area contributed by atoms with E-state index in [0.29, 0.717) is 10.6 Å². The van der Waals surface area contributed by atoms with Crippen LogP contribution in [0.15, 0.2) is 78.9 Å². The number of anilines is 1. The number of halogens is 1. The van der Waals surface area contributed by atoms with E-state index in [1.807, 2.05) is 6.07 Å². The van der Waals surface area contributed by atoms with Crippen LogP contribution in [0.1, 0.15) is 26.3 Å². The van der Waals surface area contributed by atoms with E-state index in [1.54, 1.807) is 24.3 Å². The number of benzene rings is 3. The first-order chi connectivity index (χ1) is 13.9. The molecule has 0 aliphatic carbocycles. The van der Waals surface area contributed by atoms with Crippen LogP contribution in [-0.4, -0.2) is 17.0 Å². The maximum Gasteiger partial charge on any atom is 0.343 e. The molecule has 0 fully saturated rings. The van der Waals surface area contributed by atoms with Crippen LogP contribution in [0.5, 0.6) is 5.75 Å². The van der Waals surface area contributed by atoms with Crippen molar-refractivity contribution in [2.75, 3.05) is 5.23 Å². The normalized spacial score (nSPS) is 10.7. The lowest BCUT2D eigenvalue weighted by atomic mass is 10.1. The summed E-state index contributed by atoms with van der Waals surface area (Å²) in [5.41, 5.74) is 1.24. The predicted octanol–water partition coefficient (Wildman–Crippen LogP) is 5.15. The van der Waals surface area contributed by atoms with Crippen LogP contribution >= 0.6 is 11.6 Å². The van der Waals surface area contributed by atoms with Gasteiger partial charge in [0.15, 0.2) is 5.78 Å². The van der Waals surface area contributed by atoms with Gasteiger partial charge in [0.25, 0.3) is 0 Å². The zero-order chi connectivity index (χ0) is 20.8. The van der Waals surface area contributed by atoms with Crippen molar-refractivity contribution in [2.45, 2.75) is 0 Å². The Morgan fingerprint density at radius 2 is 1.69 bits per heavy atom. The molecule has 0 aromatic heterocycles. The molecule has 0 saturated carbocycles. The molecule has 0 atom stereocenters. The highest BCUT2D eigenvalue weighted by Crippen LogP contribution is 2.18. The predicted molar refractivity (Wildman–Crippen MR) is 110 cm³/mol. The Kier molecular flexibility index (Phi) is 6.41.